The summed E-state index contributed by atoms with van der Waals surface area (Å²) in [5, 5.41) is 9.69. The van der Waals surface area contributed by atoms with Crippen LogP contribution in [0.2, 0.25) is 0 Å². The Morgan fingerprint density at radius 1 is 1.19 bits per heavy atom. The minimum Gasteiger partial charge on any atom is -0.339 e. The molecule has 1 atom stereocenters. The molecule has 0 unspecified atom stereocenters. The molecule has 0 spiro atoms. The van der Waals surface area contributed by atoms with Crippen molar-refractivity contribution in [2.75, 3.05) is 13.1 Å². The lowest BCUT2D eigenvalue weighted by Gasteiger charge is -2.18. The average Bonchev–Trinajstić information content (AvgIpc) is 3.05. The van der Waals surface area contributed by atoms with Gasteiger partial charge in [0, 0.05) is 18.1 Å². The molecule has 4 rings (SSSR count). The minimum absolute atomic E-state index is 0.315. The number of fused-ring (bicyclic) bond motifs is 1. The first-order chi connectivity index (χ1) is 10.4. The Kier molecular flexibility index (Phi) is 3.12. The molecule has 2 aromatic heterocycles. The Morgan fingerprint density at radius 3 is 3.05 bits per heavy atom. The topological polar surface area (TPSA) is 63.8 Å². The van der Waals surface area contributed by atoms with Crippen molar-refractivity contribution in [2.24, 2.45) is 0 Å². The van der Waals surface area contributed by atoms with Crippen LogP contribution in [-0.2, 0) is 0 Å². The van der Waals surface area contributed by atoms with E-state index < -0.39 is 0 Å². The molecule has 1 fully saturated rings. The fourth-order valence-corrected chi connectivity index (χ4v) is 2.86. The van der Waals surface area contributed by atoms with E-state index in [1.807, 2.05) is 24.3 Å². The fourth-order valence-electron chi connectivity index (χ4n) is 2.86. The summed E-state index contributed by atoms with van der Waals surface area (Å²) in [6.07, 6.45) is 4.03. The van der Waals surface area contributed by atoms with E-state index in [0.717, 1.165) is 42.4 Å². The zero-order valence-electron chi connectivity index (χ0n) is 11.6. The molecule has 0 radical (unpaired) electrons. The van der Waals surface area contributed by atoms with Crippen LogP contribution in [0.3, 0.4) is 0 Å². The molecule has 1 aromatic carbocycles. The van der Waals surface area contributed by atoms with E-state index in [-0.39, 0.29) is 0 Å². The van der Waals surface area contributed by atoms with E-state index in [4.69, 9.17) is 4.52 Å². The van der Waals surface area contributed by atoms with Gasteiger partial charge < -0.3 is 9.84 Å². The number of hydrogen-bond acceptors (Lipinski definition) is 5. The van der Waals surface area contributed by atoms with Crippen molar-refractivity contribution >= 4 is 10.8 Å². The van der Waals surface area contributed by atoms with Crippen LogP contribution in [0.25, 0.3) is 22.3 Å². The second-order valence-corrected chi connectivity index (χ2v) is 5.38. The maximum Gasteiger partial charge on any atom is 0.231 e. The number of piperidine rings is 1. The molecule has 1 saturated heterocycles. The lowest BCUT2D eigenvalue weighted by Crippen LogP contribution is -2.28. The first-order valence-corrected chi connectivity index (χ1v) is 7.30. The summed E-state index contributed by atoms with van der Waals surface area (Å²) in [5.41, 5.74) is 0.784. The van der Waals surface area contributed by atoms with Gasteiger partial charge in [0.1, 0.15) is 5.69 Å². The van der Waals surface area contributed by atoms with Crippen LogP contribution in [0.15, 0.2) is 41.1 Å². The van der Waals surface area contributed by atoms with Gasteiger partial charge in [-0.2, -0.15) is 4.98 Å². The van der Waals surface area contributed by atoms with Crippen molar-refractivity contribution in [3.05, 3.63) is 42.4 Å². The van der Waals surface area contributed by atoms with Crippen molar-refractivity contribution in [3.63, 3.8) is 0 Å². The first-order valence-electron chi connectivity index (χ1n) is 7.30. The van der Waals surface area contributed by atoms with Gasteiger partial charge in [-0.1, -0.05) is 29.4 Å². The van der Waals surface area contributed by atoms with Gasteiger partial charge in [-0.3, -0.25) is 4.98 Å². The van der Waals surface area contributed by atoms with Crippen molar-refractivity contribution in [2.45, 2.75) is 18.8 Å². The monoisotopic (exact) mass is 280 g/mol. The number of benzene rings is 1. The zero-order chi connectivity index (χ0) is 14.1. The van der Waals surface area contributed by atoms with Crippen LogP contribution in [0.1, 0.15) is 24.7 Å². The molecular weight excluding hydrogens is 264 g/mol. The highest BCUT2D eigenvalue weighted by Gasteiger charge is 2.22. The van der Waals surface area contributed by atoms with Gasteiger partial charge in [0.25, 0.3) is 0 Å². The summed E-state index contributed by atoms with van der Waals surface area (Å²) in [5.74, 6) is 1.61. The summed E-state index contributed by atoms with van der Waals surface area (Å²) < 4.78 is 5.47. The molecule has 5 nitrogen and oxygen atoms in total. The molecule has 0 bridgehead atoms. The second-order valence-electron chi connectivity index (χ2n) is 5.38. The van der Waals surface area contributed by atoms with Gasteiger partial charge in [-0.05, 0) is 30.8 Å². The minimum atomic E-state index is 0.315. The quantitative estimate of drug-likeness (QED) is 0.782. The highest BCUT2D eigenvalue weighted by Crippen LogP contribution is 2.27. The lowest BCUT2D eigenvalue weighted by atomic mass is 10.00. The van der Waals surface area contributed by atoms with E-state index in [2.05, 4.69) is 26.5 Å². The zero-order valence-corrected chi connectivity index (χ0v) is 11.6. The Balaban J connectivity index is 1.74. The number of hydrogen-bond donors (Lipinski definition) is 1. The molecule has 1 aliphatic rings. The van der Waals surface area contributed by atoms with E-state index >= 15 is 0 Å². The fraction of sp³-hybridized carbons (Fsp3) is 0.312. The molecule has 1 aliphatic heterocycles. The summed E-state index contributed by atoms with van der Waals surface area (Å²) in [6.45, 7) is 1.98. The Labute approximate surface area is 122 Å². The molecule has 5 heteroatoms. The summed E-state index contributed by atoms with van der Waals surface area (Å²) in [7, 11) is 0. The first kappa shape index (κ1) is 12.5. The maximum atomic E-state index is 5.47. The molecule has 0 saturated carbocycles. The van der Waals surface area contributed by atoms with Crippen LogP contribution in [0.4, 0.5) is 0 Å². The predicted octanol–water partition coefficient (Wildman–Crippen LogP) is 2.75. The van der Waals surface area contributed by atoms with Crippen molar-refractivity contribution in [1.82, 2.24) is 20.4 Å². The van der Waals surface area contributed by atoms with Gasteiger partial charge >= 0.3 is 0 Å². The van der Waals surface area contributed by atoms with Gasteiger partial charge in [0.15, 0.2) is 0 Å². The maximum absolute atomic E-state index is 5.47. The van der Waals surface area contributed by atoms with Crippen LogP contribution in [0.5, 0.6) is 0 Å². The lowest BCUT2D eigenvalue weighted by molar-refractivity contribution is 0.322. The van der Waals surface area contributed by atoms with E-state index in [9.17, 15) is 0 Å². The van der Waals surface area contributed by atoms with Crippen LogP contribution >= 0.6 is 0 Å². The van der Waals surface area contributed by atoms with Gasteiger partial charge in [0.2, 0.25) is 11.7 Å². The predicted molar refractivity (Wildman–Crippen MR) is 79.9 cm³/mol. The second kappa shape index (κ2) is 5.26. The van der Waals surface area contributed by atoms with Gasteiger partial charge in [-0.25, -0.2) is 0 Å². The molecule has 3 aromatic rings. The number of aromatic nitrogens is 3. The van der Waals surface area contributed by atoms with Gasteiger partial charge in [-0.15, -0.1) is 0 Å². The summed E-state index contributed by atoms with van der Waals surface area (Å²) in [4.78, 5) is 9.01. The standard InChI is InChI=1S/C16H16N4O/c1-2-6-13-11(4-1)7-9-18-14(13)15-19-16(21-20-15)12-5-3-8-17-10-12/h1-2,4,6-7,9,12,17H,3,5,8,10H2/t12-/m1/s1. The highest BCUT2D eigenvalue weighted by atomic mass is 16.5. The van der Waals surface area contributed by atoms with Crippen molar-refractivity contribution < 1.29 is 4.52 Å². The Morgan fingerprint density at radius 2 is 2.14 bits per heavy atom. The third-order valence-corrected chi connectivity index (χ3v) is 3.97. The number of pyridine rings is 1. The van der Waals surface area contributed by atoms with Gasteiger partial charge in [0.05, 0.1) is 5.92 Å². The average molecular weight is 280 g/mol. The Hall–Kier alpha value is -2.27. The van der Waals surface area contributed by atoms with E-state index in [1.54, 1.807) is 6.20 Å². The summed E-state index contributed by atoms with van der Waals surface area (Å²) in [6, 6.07) is 10.1. The third kappa shape index (κ3) is 2.29. The number of nitrogens with one attached hydrogen (secondary N) is 1. The third-order valence-electron chi connectivity index (χ3n) is 3.97. The van der Waals surface area contributed by atoms with E-state index in [0.29, 0.717) is 17.6 Å². The largest absolute Gasteiger partial charge is 0.339 e. The highest BCUT2D eigenvalue weighted by molar-refractivity contribution is 5.92. The normalized spacial score (nSPS) is 19.0. The van der Waals surface area contributed by atoms with Crippen molar-refractivity contribution in [3.8, 4) is 11.5 Å². The number of rotatable bonds is 2. The van der Waals surface area contributed by atoms with Crippen molar-refractivity contribution in [1.29, 1.82) is 0 Å². The molecule has 21 heavy (non-hydrogen) atoms. The molecule has 3 heterocycles. The summed E-state index contributed by atoms with van der Waals surface area (Å²) >= 11 is 0. The molecule has 106 valence electrons. The number of nitrogens with zero attached hydrogens (tertiary/aromatic N) is 3. The molecule has 0 amide bonds. The van der Waals surface area contributed by atoms with Crippen LogP contribution in [-0.4, -0.2) is 28.2 Å². The van der Waals surface area contributed by atoms with E-state index in [1.165, 1.54) is 0 Å². The Bertz CT molecular complexity index is 756. The molecular formula is C16H16N4O. The molecule has 1 N–H and O–H groups in total. The smallest absolute Gasteiger partial charge is 0.231 e. The molecule has 0 aliphatic carbocycles. The SMILES string of the molecule is c1ccc2c(-c3noc([C@@H]4CCCNC4)n3)nccc2c1. The van der Waals surface area contributed by atoms with Crippen LogP contribution in [0, 0.1) is 0 Å². The van der Waals surface area contributed by atoms with Crippen LogP contribution < -0.4 is 5.32 Å².